The number of hydrogen-bond acceptors (Lipinski definition) is 4. The first-order valence-electron chi connectivity index (χ1n) is 6.27. The number of urea groups is 1. The average Bonchev–Trinajstić information content (AvgIpc) is 2.41. The second kappa shape index (κ2) is 6.04. The highest BCUT2D eigenvalue weighted by Crippen LogP contribution is 2.12. The smallest absolute Gasteiger partial charge is 0.316 e. The molecule has 1 aromatic carbocycles. The molecule has 0 spiro atoms. The van der Waals surface area contributed by atoms with Gasteiger partial charge in [0, 0.05) is 17.7 Å². The fraction of sp³-hybridized carbons (Fsp3) is 0.231. The molecule has 5 amide bonds. The zero-order chi connectivity index (χ0) is 15.4. The molecule has 1 aliphatic heterocycles. The van der Waals surface area contributed by atoms with Crippen LogP contribution in [-0.2, 0) is 9.59 Å². The Hall–Kier alpha value is -2.90. The molecule has 1 fully saturated rings. The van der Waals surface area contributed by atoms with Gasteiger partial charge in [-0.3, -0.25) is 19.7 Å². The van der Waals surface area contributed by atoms with Crippen LogP contribution in [-0.4, -0.2) is 29.8 Å². The van der Waals surface area contributed by atoms with Crippen LogP contribution in [0.1, 0.15) is 23.2 Å². The van der Waals surface area contributed by atoms with Gasteiger partial charge in [0.25, 0.3) is 5.91 Å². The lowest BCUT2D eigenvalue weighted by atomic mass is 10.1. The van der Waals surface area contributed by atoms with E-state index >= 15 is 0 Å². The predicted molar refractivity (Wildman–Crippen MR) is 73.3 cm³/mol. The maximum Gasteiger partial charge on any atom is 0.316 e. The molecule has 0 aromatic heterocycles. The minimum atomic E-state index is -0.747. The number of piperidine rings is 1. The molecule has 1 atom stereocenters. The van der Waals surface area contributed by atoms with Crippen LogP contribution in [0.2, 0.25) is 0 Å². The number of benzene rings is 1. The molecule has 5 N–H and O–H groups in total. The van der Waals surface area contributed by atoms with Gasteiger partial charge in [0.1, 0.15) is 6.04 Å². The highest BCUT2D eigenvalue weighted by atomic mass is 16.2. The highest BCUT2D eigenvalue weighted by Gasteiger charge is 2.28. The zero-order valence-electron chi connectivity index (χ0n) is 11.0. The molecule has 1 unspecified atom stereocenters. The van der Waals surface area contributed by atoms with Gasteiger partial charge in [-0.15, -0.1) is 0 Å². The van der Waals surface area contributed by atoms with Gasteiger partial charge >= 0.3 is 6.03 Å². The number of nitrogens with one attached hydrogen (secondary N) is 3. The fourth-order valence-corrected chi connectivity index (χ4v) is 1.95. The van der Waals surface area contributed by atoms with Crippen LogP contribution in [0.5, 0.6) is 0 Å². The summed E-state index contributed by atoms with van der Waals surface area (Å²) in [5.41, 5.74) is 5.64. The molecule has 110 valence electrons. The topological polar surface area (TPSA) is 130 Å². The zero-order valence-corrected chi connectivity index (χ0v) is 11.0. The summed E-state index contributed by atoms with van der Waals surface area (Å²) in [7, 11) is 0. The van der Waals surface area contributed by atoms with E-state index in [1.807, 2.05) is 0 Å². The van der Waals surface area contributed by atoms with Gasteiger partial charge in [0.2, 0.25) is 11.8 Å². The number of amides is 5. The summed E-state index contributed by atoms with van der Waals surface area (Å²) in [6, 6.07) is 4.64. The lowest BCUT2D eigenvalue weighted by Crippen LogP contribution is -2.52. The molecule has 21 heavy (non-hydrogen) atoms. The molecule has 1 aromatic rings. The molecular formula is C13H14N4O4. The van der Waals surface area contributed by atoms with Crippen molar-refractivity contribution in [3.63, 3.8) is 0 Å². The van der Waals surface area contributed by atoms with Crippen LogP contribution < -0.4 is 21.7 Å². The molecule has 1 saturated heterocycles. The molecule has 0 radical (unpaired) electrons. The Balaban J connectivity index is 2.04. The predicted octanol–water partition coefficient (Wildman–Crippen LogP) is -0.288. The summed E-state index contributed by atoms with van der Waals surface area (Å²) in [6.45, 7) is 0. The van der Waals surface area contributed by atoms with Crippen LogP contribution in [0, 0.1) is 0 Å². The van der Waals surface area contributed by atoms with Crippen molar-refractivity contribution in [2.45, 2.75) is 18.9 Å². The number of nitrogens with two attached hydrogens (primary N) is 1. The molecule has 1 heterocycles. The first kappa shape index (κ1) is 14.5. The average molecular weight is 290 g/mol. The Bertz CT molecular complexity index is 614. The third-order valence-corrected chi connectivity index (χ3v) is 2.94. The van der Waals surface area contributed by atoms with Gasteiger partial charge in [-0.25, -0.2) is 4.79 Å². The SMILES string of the molecule is NC(=O)Nc1cccc(C(=O)NC2CCC(=O)NC2=O)c1. The maximum atomic E-state index is 12.1. The second-order valence-corrected chi connectivity index (χ2v) is 4.55. The number of carbonyl (C=O) groups is 4. The highest BCUT2D eigenvalue weighted by molar-refractivity contribution is 6.04. The number of hydrogen-bond donors (Lipinski definition) is 4. The van der Waals surface area contributed by atoms with Crippen LogP contribution in [0.3, 0.4) is 0 Å². The van der Waals surface area contributed by atoms with Crippen LogP contribution >= 0.6 is 0 Å². The van der Waals surface area contributed by atoms with Gasteiger partial charge in [-0.1, -0.05) is 6.07 Å². The molecular weight excluding hydrogens is 276 g/mol. The summed E-state index contributed by atoms with van der Waals surface area (Å²) < 4.78 is 0. The van der Waals surface area contributed by atoms with Crippen molar-refractivity contribution < 1.29 is 19.2 Å². The maximum absolute atomic E-state index is 12.1. The Kier molecular flexibility index (Phi) is 4.17. The van der Waals surface area contributed by atoms with Gasteiger partial charge in [0.05, 0.1) is 0 Å². The van der Waals surface area contributed by atoms with Crippen LogP contribution in [0.4, 0.5) is 10.5 Å². The van der Waals surface area contributed by atoms with Crippen LogP contribution in [0.25, 0.3) is 0 Å². The van der Waals surface area contributed by atoms with Gasteiger partial charge in [-0.05, 0) is 24.6 Å². The number of carbonyl (C=O) groups excluding carboxylic acids is 4. The summed E-state index contributed by atoms with van der Waals surface area (Å²) in [6.07, 6.45) is 0.440. The fourth-order valence-electron chi connectivity index (χ4n) is 1.95. The molecule has 1 aliphatic rings. The molecule has 0 aliphatic carbocycles. The second-order valence-electron chi connectivity index (χ2n) is 4.55. The number of imide groups is 1. The third-order valence-electron chi connectivity index (χ3n) is 2.94. The monoisotopic (exact) mass is 290 g/mol. The summed E-state index contributed by atoms with van der Waals surface area (Å²) in [5, 5.41) is 7.05. The van der Waals surface area contributed by atoms with E-state index < -0.39 is 23.9 Å². The molecule has 0 saturated carbocycles. The summed E-state index contributed by atoms with van der Waals surface area (Å²) >= 11 is 0. The third kappa shape index (κ3) is 3.78. The standard InChI is InChI=1S/C13H14N4O4/c14-13(21)15-8-3-1-2-7(6-8)11(19)16-9-4-5-10(18)17-12(9)20/h1-3,6,9H,4-5H2,(H,16,19)(H3,14,15,21)(H,17,18,20). The van der Waals surface area contributed by atoms with Gasteiger partial charge in [0.15, 0.2) is 0 Å². The Morgan fingerprint density at radius 2 is 2.05 bits per heavy atom. The minimum Gasteiger partial charge on any atom is -0.351 e. The van der Waals surface area contributed by atoms with Gasteiger partial charge < -0.3 is 16.4 Å². The van der Waals surface area contributed by atoms with Crippen molar-refractivity contribution in [2.75, 3.05) is 5.32 Å². The normalized spacial score (nSPS) is 17.8. The Morgan fingerprint density at radius 3 is 2.71 bits per heavy atom. The van der Waals surface area contributed by atoms with E-state index in [0.29, 0.717) is 5.69 Å². The first-order valence-corrected chi connectivity index (χ1v) is 6.27. The van der Waals surface area contributed by atoms with E-state index in [1.165, 1.54) is 12.1 Å². The molecule has 2 rings (SSSR count). The quantitative estimate of drug-likeness (QED) is 0.570. The van der Waals surface area contributed by atoms with Crippen molar-refractivity contribution in [3.8, 4) is 0 Å². The number of rotatable bonds is 3. The Morgan fingerprint density at radius 1 is 1.29 bits per heavy atom. The van der Waals surface area contributed by atoms with E-state index in [-0.39, 0.29) is 24.3 Å². The van der Waals surface area contributed by atoms with Crippen molar-refractivity contribution in [3.05, 3.63) is 29.8 Å². The molecule has 8 nitrogen and oxygen atoms in total. The minimum absolute atomic E-state index is 0.181. The largest absolute Gasteiger partial charge is 0.351 e. The van der Waals surface area contributed by atoms with Crippen molar-refractivity contribution >= 4 is 29.4 Å². The van der Waals surface area contributed by atoms with Crippen LogP contribution in [0.15, 0.2) is 24.3 Å². The van der Waals surface area contributed by atoms with Crippen molar-refractivity contribution in [2.24, 2.45) is 5.73 Å². The number of primary amides is 1. The van der Waals surface area contributed by atoms with Gasteiger partial charge in [-0.2, -0.15) is 0 Å². The van der Waals surface area contributed by atoms with E-state index in [0.717, 1.165) is 0 Å². The Labute approximate surface area is 120 Å². The lowest BCUT2D eigenvalue weighted by molar-refractivity contribution is -0.134. The van der Waals surface area contributed by atoms with Crippen molar-refractivity contribution in [1.82, 2.24) is 10.6 Å². The molecule has 8 heteroatoms. The summed E-state index contributed by atoms with van der Waals surface area (Å²) in [5.74, 6) is -1.35. The lowest BCUT2D eigenvalue weighted by Gasteiger charge is -2.21. The van der Waals surface area contributed by atoms with Crippen molar-refractivity contribution in [1.29, 1.82) is 0 Å². The summed E-state index contributed by atoms with van der Waals surface area (Å²) in [4.78, 5) is 45.4. The number of anilines is 1. The molecule has 0 bridgehead atoms. The van der Waals surface area contributed by atoms with E-state index in [2.05, 4.69) is 16.0 Å². The first-order chi connectivity index (χ1) is 9.95. The van der Waals surface area contributed by atoms with E-state index in [9.17, 15) is 19.2 Å². The van der Waals surface area contributed by atoms with E-state index in [1.54, 1.807) is 12.1 Å². The van der Waals surface area contributed by atoms with E-state index in [4.69, 9.17) is 5.73 Å².